The van der Waals surface area contributed by atoms with Crippen LogP contribution in [0.5, 0.6) is 0 Å². The van der Waals surface area contributed by atoms with Crippen LogP contribution in [0.2, 0.25) is 5.02 Å². The van der Waals surface area contributed by atoms with Crippen molar-refractivity contribution in [3.8, 4) is 5.69 Å². The molecule has 2 aromatic heterocycles. The highest BCUT2D eigenvalue weighted by Gasteiger charge is 2.11. The van der Waals surface area contributed by atoms with E-state index in [1.165, 1.54) is 0 Å². The molecule has 0 saturated carbocycles. The lowest BCUT2D eigenvalue weighted by atomic mass is 10.2. The average molecular weight is 422 g/mol. The van der Waals surface area contributed by atoms with Gasteiger partial charge in [-0.15, -0.1) is 0 Å². The van der Waals surface area contributed by atoms with Gasteiger partial charge in [-0.2, -0.15) is 20.1 Å². The summed E-state index contributed by atoms with van der Waals surface area (Å²) >= 11 is 5.88. The first-order chi connectivity index (χ1) is 14.6. The zero-order valence-corrected chi connectivity index (χ0v) is 16.3. The van der Waals surface area contributed by atoms with Crippen molar-refractivity contribution < 1.29 is 9.53 Å². The highest BCUT2D eigenvalue weighted by atomic mass is 35.5. The molecule has 30 heavy (non-hydrogen) atoms. The summed E-state index contributed by atoms with van der Waals surface area (Å²) in [5.74, 6) is -0.0378. The molecule has 0 aliphatic rings. The molecular formula is C20H16ClN7O2. The Labute approximate surface area is 176 Å². The van der Waals surface area contributed by atoms with Crippen molar-refractivity contribution in [2.45, 2.75) is 6.61 Å². The first-order valence-corrected chi connectivity index (χ1v) is 9.25. The van der Waals surface area contributed by atoms with E-state index in [0.29, 0.717) is 10.6 Å². The number of hydrogen-bond donors (Lipinski definition) is 2. The minimum atomic E-state index is -0.506. The van der Waals surface area contributed by atoms with Crippen molar-refractivity contribution in [2.75, 3.05) is 11.1 Å². The Bertz CT molecular complexity index is 1150. The lowest BCUT2D eigenvalue weighted by Crippen LogP contribution is -2.11. The number of nitrogens with one attached hydrogen (secondary N) is 1. The van der Waals surface area contributed by atoms with Crippen molar-refractivity contribution in [1.29, 1.82) is 0 Å². The predicted molar refractivity (Wildman–Crippen MR) is 112 cm³/mol. The third-order valence-electron chi connectivity index (χ3n) is 4.00. The number of carbonyl (C=O) groups is 1. The van der Waals surface area contributed by atoms with Gasteiger partial charge in [0.2, 0.25) is 11.9 Å². The van der Waals surface area contributed by atoms with Crippen LogP contribution in [-0.4, -0.2) is 30.7 Å². The van der Waals surface area contributed by atoms with Crippen molar-refractivity contribution in [2.24, 2.45) is 0 Å². The zero-order valence-electron chi connectivity index (χ0n) is 15.6. The Morgan fingerprint density at radius 3 is 2.53 bits per heavy atom. The first kappa shape index (κ1) is 19.3. The summed E-state index contributed by atoms with van der Waals surface area (Å²) in [5, 5.41) is 7.76. The molecule has 2 heterocycles. The molecule has 0 saturated heterocycles. The monoisotopic (exact) mass is 421 g/mol. The summed E-state index contributed by atoms with van der Waals surface area (Å²) in [5.41, 5.74) is 7.70. The second-order valence-corrected chi connectivity index (χ2v) is 6.58. The molecule has 0 spiro atoms. The van der Waals surface area contributed by atoms with E-state index in [4.69, 9.17) is 22.1 Å². The average Bonchev–Trinajstić information content (AvgIpc) is 3.28. The number of ether oxygens (including phenoxy) is 1. The van der Waals surface area contributed by atoms with E-state index in [1.807, 2.05) is 12.3 Å². The summed E-state index contributed by atoms with van der Waals surface area (Å²) in [6, 6.07) is 15.7. The van der Waals surface area contributed by atoms with E-state index >= 15 is 0 Å². The van der Waals surface area contributed by atoms with Crippen molar-refractivity contribution >= 4 is 35.2 Å². The number of nitrogens with zero attached hydrogens (tertiary/aromatic N) is 5. The van der Waals surface area contributed by atoms with E-state index in [1.54, 1.807) is 59.4 Å². The van der Waals surface area contributed by atoms with Crippen LogP contribution >= 0.6 is 11.6 Å². The molecule has 150 valence electrons. The van der Waals surface area contributed by atoms with Crippen LogP contribution < -0.4 is 11.1 Å². The molecule has 0 aliphatic heterocycles. The number of carbonyl (C=O) groups excluding carboxylic acids is 1. The number of halogens is 1. The Hall–Kier alpha value is -3.98. The highest BCUT2D eigenvalue weighted by molar-refractivity contribution is 6.30. The van der Waals surface area contributed by atoms with Gasteiger partial charge in [-0.05, 0) is 54.6 Å². The lowest BCUT2D eigenvalue weighted by molar-refractivity contribution is 0.0462. The molecule has 0 unspecified atom stereocenters. The summed E-state index contributed by atoms with van der Waals surface area (Å²) < 4.78 is 7.00. The maximum atomic E-state index is 12.3. The van der Waals surface area contributed by atoms with Gasteiger partial charge in [-0.1, -0.05) is 11.6 Å². The molecule has 10 heteroatoms. The number of rotatable bonds is 6. The molecule has 2 aromatic carbocycles. The summed E-state index contributed by atoms with van der Waals surface area (Å²) in [7, 11) is 0. The number of benzene rings is 2. The van der Waals surface area contributed by atoms with E-state index in [9.17, 15) is 4.79 Å². The third kappa shape index (κ3) is 4.70. The van der Waals surface area contributed by atoms with Crippen LogP contribution in [0.1, 0.15) is 16.2 Å². The molecule has 4 aromatic rings. The Morgan fingerprint density at radius 2 is 1.83 bits per heavy atom. The van der Waals surface area contributed by atoms with Crippen LogP contribution in [-0.2, 0) is 11.3 Å². The quantitative estimate of drug-likeness (QED) is 0.454. The summed E-state index contributed by atoms with van der Waals surface area (Å²) in [4.78, 5) is 24.6. The maximum Gasteiger partial charge on any atom is 0.338 e. The first-order valence-electron chi connectivity index (χ1n) is 8.87. The van der Waals surface area contributed by atoms with Gasteiger partial charge in [-0.3, -0.25) is 0 Å². The fraction of sp³-hybridized carbons (Fsp3) is 0.0500. The summed E-state index contributed by atoms with van der Waals surface area (Å²) in [6.45, 7) is -0.151. The van der Waals surface area contributed by atoms with Gasteiger partial charge in [-0.25, -0.2) is 9.48 Å². The van der Waals surface area contributed by atoms with Gasteiger partial charge in [0.05, 0.1) is 11.3 Å². The number of anilines is 3. The minimum Gasteiger partial charge on any atom is -0.454 e. The molecule has 3 N–H and O–H groups in total. The number of nitrogens with two attached hydrogens (primary N) is 1. The number of hydrogen-bond acceptors (Lipinski definition) is 8. The second kappa shape index (κ2) is 8.58. The molecule has 0 atom stereocenters. The summed E-state index contributed by atoms with van der Waals surface area (Å²) in [6.07, 6.45) is 3.49. The molecule has 0 radical (unpaired) electrons. The number of nitrogen functional groups attached to an aromatic ring is 1. The van der Waals surface area contributed by atoms with E-state index in [0.717, 1.165) is 11.4 Å². The maximum absolute atomic E-state index is 12.3. The zero-order chi connectivity index (χ0) is 20.9. The molecule has 4 rings (SSSR count). The predicted octanol–water partition coefficient (Wildman–Crippen LogP) is 3.39. The van der Waals surface area contributed by atoms with Crippen LogP contribution in [0.25, 0.3) is 5.69 Å². The largest absolute Gasteiger partial charge is 0.454 e. The van der Waals surface area contributed by atoms with Gasteiger partial charge in [0, 0.05) is 23.1 Å². The fourth-order valence-corrected chi connectivity index (χ4v) is 2.73. The highest BCUT2D eigenvalue weighted by Crippen LogP contribution is 2.17. The molecule has 0 aliphatic carbocycles. The van der Waals surface area contributed by atoms with Crippen LogP contribution in [0, 0.1) is 0 Å². The molecular weight excluding hydrogens is 406 g/mol. The van der Waals surface area contributed by atoms with E-state index in [-0.39, 0.29) is 24.3 Å². The van der Waals surface area contributed by atoms with Gasteiger partial charge < -0.3 is 15.8 Å². The number of esters is 1. The van der Waals surface area contributed by atoms with Gasteiger partial charge in [0.15, 0.2) is 12.4 Å². The van der Waals surface area contributed by atoms with Gasteiger partial charge >= 0.3 is 5.97 Å². The minimum absolute atomic E-state index is 0.0103. The van der Waals surface area contributed by atoms with Gasteiger partial charge in [0.25, 0.3) is 0 Å². The van der Waals surface area contributed by atoms with Crippen molar-refractivity contribution in [3.63, 3.8) is 0 Å². The van der Waals surface area contributed by atoms with Crippen molar-refractivity contribution in [1.82, 2.24) is 24.7 Å². The normalized spacial score (nSPS) is 10.6. The lowest BCUT2D eigenvalue weighted by Gasteiger charge is -2.08. The fourth-order valence-electron chi connectivity index (χ4n) is 2.61. The molecule has 0 fully saturated rings. The molecule has 0 bridgehead atoms. The van der Waals surface area contributed by atoms with Crippen LogP contribution in [0.15, 0.2) is 67.0 Å². The Balaban J connectivity index is 1.41. The SMILES string of the molecule is Nc1nc(COC(=O)c2ccc(-n3cccn3)cc2)nc(Nc2ccc(Cl)cc2)n1. The molecule has 0 amide bonds. The van der Waals surface area contributed by atoms with Gasteiger partial charge in [0.1, 0.15) is 0 Å². The van der Waals surface area contributed by atoms with E-state index in [2.05, 4.69) is 25.4 Å². The van der Waals surface area contributed by atoms with Crippen LogP contribution in [0.3, 0.4) is 0 Å². The third-order valence-corrected chi connectivity index (χ3v) is 4.26. The standard InChI is InChI=1S/C20H16ClN7O2/c21-14-4-6-15(7-5-14)24-20-26-17(25-19(22)27-20)12-30-18(29)13-2-8-16(9-3-13)28-11-1-10-23-28/h1-11H,12H2,(H3,22,24,25,26,27). The smallest absolute Gasteiger partial charge is 0.338 e. The topological polar surface area (TPSA) is 121 Å². The second-order valence-electron chi connectivity index (χ2n) is 6.14. The Kier molecular flexibility index (Phi) is 5.53. The Morgan fingerprint density at radius 1 is 1.07 bits per heavy atom. The molecule has 9 nitrogen and oxygen atoms in total. The number of aromatic nitrogens is 5. The van der Waals surface area contributed by atoms with Crippen LogP contribution in [0.4, 0.5) is 17.6 Å². The van der Waals surface area contributed by atoms with E-state index < -0.39 is 5.97 Å². The van der Waals surface area contributed by atoms with Crippen molar-refractivity contribution in [3.05, 3.63) is 83.4 Å².